The number of nitro groups is 2. The van der Waals surface area contributed by atoms with Gasteiger partial charge in [-0.25, -0.2) is 0 Å². The highest BCUT2D eigenvalue weighted by Gasteiger charge is 2.20. The molecule has 11 nitrogen and oxygen atoms in total. The van der Waals surface area contributed by atoms with Crippen LogP contribution in [0.1, 0.15) is 47.1 Å². The number of nitro benzene ring substituents is 2. The van der Waals surface area contributed by atoms with Crippen molar-refractivity contribution in [3.05, 3.63) is 104 Å². The summed E-state index contributed by atoms with van der Waals surface area (Å²) in [5.41, 5.74) is 0.959. The van der Waals surface area contributed by atoms with Crippen molar-refractivity contribution in [3.8, 4) is 0 Å². The van der Waals surface area contributed by atoms with E-state index in [1.54, 1.807) is 36.4 Å². The van der Waals surface area contributed by atoms with Crippen LogP contribution in [0.2, 0.25) is 0 Å². The second kappa shape index (κ2) is 10.9. The van der Waals surface area contributed by atoms with E-state index < -0.39 is 27.1 Å². The van der Waals surface area contributed by atoms with Crippen LogP contribution >= 0.6 is 12.2 Å². The van der Waals surface area contributed by atoms with Crippen molar-refractivity contribution in [2.45, 2.75) is 26.2 Å². The molecule has 0 spiro atoms. The second-order valence-electron chi connectivity index (χ2n) is 9.02. The molecule has 0 saturated carbocycles. The lowest BCUT2D eigenvalue weighted by molar-refractivity contribution is -0.394. The number of non-ortho nitro benzene ring substituents is 2. The van der Waals surface area contributed by atoms with Crippen molar-refractivity contribution >= 4 is 51.9 Å². The van der Waals surface area contributed by atoms with Gasteiger partial charge in [-0.15, -0.1) is 0 Å². The number of benzene rings is 3. The summed E-state index contributed by atoms with van der Waals surface area (Å²) in [7, 11) is 0. The molecule has 0 saturated heterocycles. The number of nitrogens with zero attached hydrogens (tertiary/aromatic N) is 2. The first-order chi connectivity index (χ1) is 17.3. The van der Waals surface area contributed by atoms with Gasteiger partial charge in [0.1, 0.15) is 0 Å². The molecule has 0 radical (unpaired) electrons. The zero-order valence-corrected chi connectivity index (χ0v) is 20.9. The van der Waals surface area contributed by atoms with Crippen molar-refractivity contribution in [1.29, 1.82) is 0 Å². The number of hydrogen-bond donors (Lipinski definition) is 3. The fourth-order valence-electron chi connectivity index (χ4n) is 3.27. The summed E-state index contributed by atoms with van der Waals surface area (Å²) in [6.45, 7) is 6.25. The molecule has 3 rings (SSSR count). The van der Waals surface area contributed by atoms with Crippen molar-refractivity contribution < 1.29 is 19.4 Å². The summed E-state index contributed by atoms with van der Waals surface area (Å²) < 4.78 is 0. The Morgan fingerprint density at radius 1 is 0.757 bits per heavy atom. The molecule has 190 valence electrons. The van der Waals surface area contributed by atoms with Crippen molar-refractivity contribution in [2.75, 3.05) is 10.6 Å². The van der Waals surface area contributed by atoms with E-state index in [2.05, 4.69) is 36.7 Å². The van der Waals surface area contributed by atoms with Gasteiger partial charge in [0.05, 0.1) is 21.5 Å². The third-order valence-electron chi connectivity index (χ3n) is 5.20. The molecule has 0 aliphatic carbocycles. The van der Waals surface area contributed by atoms with Crippen LogP contribution in [-0.4, -0.2) is 26.8 Å². The topological polar surface area (TPSA) is 157 Å². The van der Waals surface area contributed by atoms with Crippen LogP contribution in [0.25, 0.3) is 0 Å². The first-order valence-corrected chi connectivity index (χ1v) is 11.3. The highest BCUT2D eigenvalue weighted by atomic mass is 32.1. The minimum Gasteiger partial charge on any atom is -0.332 e. The van der Waals surface area contributed by atoms with Gasteiger partial charge in [0.15, 0.2) is 5.11 Å². The fraction of sp³-hybridized carbons (Fsp3) is 0.160. The zero-order valence-electron chi connectivity index (χ0n) is 20.1. The summed E-state index contributed by atoms with van der Waals surface area (Å²) in [6.07, 6.45) is 0. The van der Waals surface area contributed by atoms with Gasteiger partial charge in [0.2, 0.25) is 0 Å². The van der Waals surface area contributed by atoms with Crippen LogP contribution in [0, 0.1) is 20.2 Å². The molecule has 37 heavy (non-hydrogen) atoms. The van der Waals surface area contributed by atoms with Gasteiger partial charge in [-0.3, -0.25) is 35.1 Å². The number of hydrogen-bond acceptors (Lipinski definition) is 7. The molecule has 0 bridgehead atoms. The van der Waals surface area contributed by atoms with Crippen LogP contribution in [0.5, 0.6) is 0 Å². The van der Waals surface area contributed by atoms with Gasteiger partial charge < -0.3 is 10.6 Å². The molecular weight excluding hydrogens is 498 g/mol. The van der Waals surface area contributed by atoms with E-state index in [4.69, 9.17) is 12.2 Å². The number of anilines is 2. The van der Waals surface area contributed by atoms with Gasteiger partial charge in [-0.1, -0.05) is 39.0 Å². The molecule has 0 aliphatic heterocycles. The zero-order chi connectivity index (χ0) is 27.3. The Labute approximate surface area is 217 Å². The SMILES string of the molecule is CC(C)(C)c1ccc(C(=O)Nc2cccc(NC(=S)NC(=O)c3cc([N+](=O)[O-])cc([N+](=O)[O-])c3)c2)cc1. The largest absolute Gasteiger partial charge is 0.332 e. The Morgan fingerprint density at radius 3 is 1.81 bits per heavy atom. The van der Waals surface area contributed by atoms with E-state index in [0.29, 0.717) is 16.9 Å². The third-order valence-corrected chi connectivity index (χ3v) is 5.41. The summed E-state index contributed by atoms with van der Waals surface area (Å²) in [5, 5.41) is 29.8. The quantitative estimate of drug-likeness (QED) is 0.227. The van der Waals surface area contributed by atoms with E-state index >= 15 is 0 Å². The van der Waals surface area contributed by atoms with Crippen LogP contribution in [-0.2, 0) is 5.41 Å². The van der Waals surface area contributed by atoms with Gasteiger partial charge in [0.25, 0.3) is 23.2 Å². The summed E-state index contributed by atoms with van der Waals surface area (Å²) >= 11 is 5.13. The summed E-state index contributed by atoms with van der Waals surface area (Å²) in [5.74, 6) is -1.17. The summed E-state index contributed by atoms with van der Waals surface area (Å²) in [6, 6.07) is 16.5. The Kier molecular flexibility index (Phi) is 7.93. The van der Waals surface area contributed by atoms with E-state index in [0.717, 1.165) is 23.8 Å². The minimum absolute atomic E-state index is 0.0349. The number of thiocarbonyl (C=S) groups is 1. The third kappa shape index (κ3) is 7.15. The maximum atomic E-state index is 12.7. The molecule has 0 fully saturated rings. The summed E-state index contributed by atoms with van der Waals surface area (Å²) in [4.78, 5) is 45.6. The number of carbonyl (C=O) groups is 2. The highest BCUT2D eigenvalue weighted by Crippen LogP contribution is 2.24. The molecule has 3 aromatic carbocycles. The smallest absolute Gasteiger partial charge is 0.277 e. The lowest BCUT2D eigenvalue weighted by Gasteiger charge is -2.19. The van der Waals surface area contributed by atoms with Gasteiger partial charge in [0, 0.05) is 29.1 Å². The van der Waals surface area contributed by atoms with Gasteiger partial charge in [-0.2, -0.15) is 0 Å². The Hall–Kier alpha value is -4.71. The van der Waals surface area contributed by atoms with Crippen LogP contribution in [0.4, 0.5) is 22.7 Å². The Morgan fingerprint density at radius 2 is 1.30 bits per heavy atom. The highest BCUT2D eigenvalue weighted by molar-refractivity contribution is 7.80. The van der Waals surface area contributed by atoms with Gasteiger partial charge >= 0.3 is 0 Å². The standard InChI is InChI=1S/C25H23N5O6S/c1-25(2,3)17-9-7-15(8-10-17)22(31)26-18-5-4-6-19(13-18)27-24(37)28-23(32)16-11-20(29(33)34)14-21(12-16)30(35)36/h4-14H,1-3H3,(H,26,31)(H2,27,28,32,37). The molecule has 12 heteroatoms. The number of nitrogens with one attached hydrogen (secondary N) is 3. The second-order valence-corrected chi connectivity index (χ2v) is 9.43. The first-order valence-electron chi connectivity index (χ1n) is 10.9. The maximum Gasteiger partial charge on any atom is 0.277 e. The number of carbonyl (C=O) groups excluding carboxylic acids is 2. The Balaban J connectivity index is 1.67. The van der Waals surface area contributed by atoms with Crippen LogP contribution in [0.15, 0.2) is 66.7 Å². The molecule has 3 aromatic rings. The average molecular weight is 522 g/mol. The fourth-order valence-corrected chi connectivity index (χ4v) is 3.48. The molecular formula is C25H23N5O6S. The van der Waals surface area contributed by atoms with Crippen molar-refractivity contribution in [2.24, 2.45) is 0 Å². The molecule has 3 N–H and O–H groups in total. The number of rotatable bonds is 6. The average Bonchev–Trinajstić information content (AvgIpc) is 2.83. The predicted octanol–water partition coefficient (Wildman–Crippen LogP) is 5.18. The van der Waals surface area contributed by atoms with Crippen molar-refractivity contribution in [3.63, 3.8) is 0 Å². The van der Waals surface area contributed by atoms with Crippen LogP contribution < -0.4 is 16.0 Å². The lowest BCUT2D eigenvalue weighted by atomic mass is 9.87. The monoisotopic (exact) mass is 521 g/mol. The lowest BCUT2D eigenvalue weighted by Crippen LogP contribution is -2.34. The molecule has 0 aliphatic rings. The van der Waals surface area contributed by atoms with E-state index in [9.17, 15) is 29.8 Å². The predicted molar refractivity (Wildman–Crippen MR) is 143 cm³/mol. The molecule has 2 amide bonds. The van der Waals surface area contributed by atoms with E-state index in [1.807, 2.05) is 12.1 Å². The van der Waals surface area contributed by atoms with Crippen molar-refractivity contribution in [1.82, 2.24) is 5.32 Å². The molecule has 0 aromatic heterocycles. The van der Waals surface area contributed by atoms with Crippen LogP contribution in [0.3, 0.4) is 0 Å². The number of amides is 2. The minimum atomic E-state index is -0.868. The first kappa shape index (κ1) is 26.9. The molecule has 0 unspecified atom stereocenters. The molecule has 0 atom stereocenters. The Bertz CT molecular complexity index is 1370. The molecule has 0 heterocycles. The van der Waals surface area contributed by atoms with E-state index in [1.165, 1.54) is 0 Å². The maximum absolute atomic E-state index is 12.7. The van der Waals surface area contributed by atoms with E-state index in [-0.39, 0.29) is 22.0 Å². The normalized spacial score (nSPS) is 10.8. The van der Waals surface area contributed by atoms with Gasteiger partial charge in [-0.05, 0) is 53.5 Å².